The molecule has 4 nitrogen and oxygen atoms in total. The molecule has 0 amide bonds. The van der Waals surface area contributed by atoms with E-state index in [1.165, 1.54) is 25.9 Å². The van der Waals surface area contributed by atoms with E-state index in [4.69, 9.17) is 5.73 Å². The molecule has 1 saturated heterocycles. The van der Waals surface area contributed by atoms with Crippen LogP contribution in [0.25, 0.3) is 0 Å². The van der Waals surface area contributed by atoms with Crippen LogP contribution in [0.5, 0.6) is 0 Å². The molecule has 2 rings (SSSR count). The Kier molecular flexibility index (Phi) is 2.49. The van der Waals surface area contributed by atoms with E-state index in [0.717, 1.165) is 13.1 Å². The van der Waals surface area contributed by atoms with Crippen molar-refractivity contribution in [2.75, 3.05) is 25.4 Å². The van der Waals surface area contributed by atoms with Crippen molar-refractivity contribution in [3.63, 3.8) is 0 Å². The molecule has 0 aliphatic carbocycles. The largest absolute Gasteiger partial charge is 0.369 e. The summed E-state index contributed by atoms with van der Waals surface area (Å²) in [6.07, 6.45) is 6.38. The molecule has 0 saturated carbocycles. The van der Waals surface area contributed by atoms with Crippen LogP contribution < -0.4 is 5.73 Å². The molecule has 0 unspecified atom stereocenters. The molecular formula is C9H16N4. The predicted molar refractivity (Wildman–Crippen MR) is 52.3 cm³/mol. The minimum atomic E-state index is 0.624. The first-order valence-electron chi connectivity index (χ1n) is 4.85. The quantitative estimate of drug-likeness (QED) is 0.739. The molecule has 0 aromatic carbocycles. The van der Waals surface area contributed by atoms with E-state index in [0.29, 0.717) is 5.95 Å². The van der Waals surface area contributed by atoms with Gasteiger partial charge in [0, 0.05) is 25.5 Å². The number of nitrogen functional groups attached to an aromatic ring is 1. The first-order chi connectivity index (χ1) is 6.36. The van der Waals surface area contributed by atoms with Crippen molar-refractivity contribution in [1.82, 2.24) is 14.5 Å². The van der Waals surface area contributed by atoms with Crippen molar-refractivity contribution >= 4 is 5.95 Å². The lowest BCUT2D eigenvalue weighted by atomic mass is 10.4. The minimum absolute atomic E-state index is 0.624. The number of aromatic nitrogens is 2. The van der Waals surface area contributed by atoms with E-state index < -0.39 is 0 Å². The first-order valence-corrected chi connectivity index (χ1v) is 4.85. The van der Waals surface area contributed by atoms with Gasteiger partial charge in [0.05, 0.1) is 0 Å². The fourth-order valence-electron chi connectivity index (χ4n) is 1.79. The highest BCUT2D eigenvalue weighted by molar-refractivity contribution is 5.16. The average molecular weight is 180 g/mol. The average Bonchev–Trinajstić information content (AvgIpc) is 2.72. The van der Waals surface area contributed by atoms with Gasteiger partial charge < -0.3 is 15.2 Å². The van der Waals surface area contributed by atoms with Gasteiger partial charge in [-0.1, -0.05) is 0 Å². The van der Waals surface area contributed by atoms with Gasteiger partial charge in [0.2, 0.25) is 0 Å². The normalized spacial score (nSPS) is 18.2. The first kappa shape index (κ1) is 8.56. The number of hydrogen-bond donors (Lipinski definition) is 1. The minimum Gasteiger partial charge on any atom is -0.369 e. The van der Waals surface area contributed by atoms with Crippen LogP contribution in [0, 0.1) is 0 Å². The summed E-state index contributed by atoms with van der Waals surface area (Å²) in [4.78, 5) is 6.46. The molecular weight excluding hydrogens is 164 g/mol. The van der Waals surface area contributed by atoms with E-state index >= 15 is 0 Å². The van der Waals surface area contributed by atoms with Crippen LogP contribution in [0.2, 0.25) is 0 Å². The van der Waals surface area contributed by atoms with Crippen LogP contribution in [0.1, 0.15) is 12.8 Å². The standard InChI is InChI=1S/C9H16N4/c10-9-11-3-6-13(9)8-7-12-4-1-2-5-12/h3,6H,1-2,4-5,7-8H2,(H2,10,11). The molecule has 1 aromatic rings. The molecule has 13 heavy (non-hydrogen) atoms. The fraction of sp³-hybridized carbons (Fsp3) is 0.667. The molecule has 1 fully saturated rings. The Morgan fingerprint density at radius 2 is 2.08 bits per heavy atom. The van der Waals surface area contributed by atoms with E-state index in [2.05, 4.69) is 9.88 Å². The second-order valence-electron chi connectivity index (χ2n) is 3.53. The molecule has 2 N–H and O–H groups in total. The third kappa shape index (κ3) is 2.01. The second-order valence-corrected chi connectivity index (χ2v) is 3.53. The Labute approximate surface area is 78.4 Å². The van der Waals surface area contributed by atoms with E-state index in [9.17, 15) is 0 Å². The summed E-state index contributed by atoms with van der Waals surface area (Å²) in [5.41, 5.74) is 5.66. The fourth-order valence-corrected chi connectivity index (χ4v) is 1.79. The topological polar surface area (TPSA) is 47.1 Å². The number of likely N-dealkylation sites (tertiary alicyclic amines) is 1. The molecule has 0 spiro atoms. The lowest BCUT2D eigenvalue weighted by Crippen LogP contribution is -2.24. The highest BCUT2D eigenvalue weighted by Crippen LogP contribution is 2.07. The third-order valence-corrected chi connectivity index (χ3v) is 2.60. The number of imidazole rings is 1. The van der Waals surface area contributed by atoms with Crippen molar-refractivity contribution in [3.05, 3.63) is 12.4 Å². The van der Waals surface area contributed by atoms with Gasteiger partial charge in [-0.3, -0.25) is 0 Å². The summed E-state index contributed by atoms with van der Waals surface area (Å²) in [5.74, 6) is 0.624. The zero-order valence-electron chi connectivity index (χ0n) is 7.82. The van der Waals surface area contributed by atoms with Gasteiger partial charge in [-0.2, -0.15) is 0 Å². The Bertz CT molecular complexity index is 262. The maximum absolute atomic E-state index is 5.66. The second kappa shape index (κ2) is 3.79. The highest BCUT2D eigenvalue weighted by Gasteiger charge is 2.10. The monoisotopic (exact) mass is 180 g/mol. The van der Waals surface area contributed by atoms with Gasteiger partial charge in [0.1, 0.15) is 0 Å². The zero-order valence-corrected chi connectivity index (χ0v) is 7.82. The number of nitrogens with two attached hydrogens (primary N) is 1. The summed E-state index contributed by atoms with van der Waals surface area (Å²) in [7, 11) is 0. The molecule has 1 aliphatic rings. The van der Waals surface area contributed by atoms with E-state index in [1.807, 2.05) is 10.8 Å². The number of nitrogens with zero attached hydrogens (tertiary/aromatic N) is 3. The van der Waals surface area contributed by atoms with Crippen LogP contribution in [0.15, 0.2) is 12.4 Å². The van der Waals surface area contributed by atoms with Crippen LogP contribution in [-0.2, 0) is 6.54 Å². The van der Waals surface area contributed by atoms with Crippen LogP contribution in [-0.4, -0.2) is 34.1 Å². The van der Waals surface area contributed by atoms with Crippen LogP contribution in [0.4, 0.5) is 5.95 Å². The SMILES string of the molecule is Nc1nccn1CCN1CCCC1. The van der Waals surface area contributed by atoms with Gasteiger partial charge in [-0.15, -0.1) is 0 Å². The van der Waals surface area contributed by atoms with Crippen molar-refractivity contribution in [2.24, 2.45) is 0 Å². The molecule has 4 heteroatoms. The smallest absolute Gasteiger partial charge is 0.200 e. The lowest BCUT2D eigenvalue weighted by Gasteiger charge is -2.14. The molecule has 2 heterocycles. The van der Waals surface area contributed by atoms with Gasteiger partial charge >= 0.3 is 0 Å². The summed E-state index contributed by atoms with van der Waals surface area (Å²) in [6, 6.07) is 0. The van der Waals surface area contributed by atoms with Crippen LogP contribution >= 0.6 is 0 Å². The van der Waals surface area contributed by atoms with Gasteiger partial charge in [0.25, 0.3) is 0 Å². The predicted octanol–water partition coefficient (Wildman–Crippen LogP) is 0.561. The number of hydrogen-bond acceptors (Lipinski definition) is 3. The highest BCUT2D eigenvalue weighted by atomic mass is 15.2. The van der Waals surface area contributed by atoms with E-state index in [1.54, 1.807) is 6.20 Å². The third-order valence-electron chi connectivity index (χ3n) is 2.60. The van der Waals surface area contributed by atoms with Crippen molar-refractivity contribution < 1.29 is 0 Å². The summed E-state index contributed by atoms with van der Waals surface area (Å²) in [6.45, 7) is 4.55. The van der Waals surface area contributed by atoms with Gasteiger partial charge in [-0.05, 0) is 25.9 Å². The van der Waals surface area contributed by atoms with Crippen molar-refractivity contribution in [2.45, 2.75) is 19.4 Å². The van der Waals surface area contributed by atoms with Gasteiger partial charge in [-0.25, -0.2) is 4.98 Å². The zero-order chi connectivity index (χ0) is 9.10. The molecule has 1 aliphatic heterocycles. The molecule has 0 atom stereocenters. The van der Waals surface area contributed by atoms with Gasteiger partial charge in [0.15, 0.2) is 5.95 Å². The summed E-state index contributed by atoms with van der Waals surface area (Å²) in [5, 5.41) is 0. The number of anilines is 1. The van der Waals surface area contributed by atoms with E-state index in [-0.39, 0.29) is 0 Å². The molecule has 0 bridgehead atoms. The van der Waals surface area contributed by atoms with Crippen LogP contribution in [0.3, 0.4) is 0 Å². The molecule has 72 valence electrons. The maximum atomic E-state index is 5.66. The Morgan fingerprint density at radius 3 is 2.69 bits per heavy atom. The Balaban J connectivity index is 1.82. The summed E-state index contributed by atoms with van der Waals surface area (Å²) < 4.78 is 2.00. The Morgan fingerprint density at radius 1 is 1.31 bits per heavy atom. The maximum Gasteiger partial charge on any atom is 0.200 e. The Hall–Kier alpha value is -1.03. The molecule has 0 radical (unpaired) electrons. The molecule has 1 aromatic heterocycles. The number of rotatable bonds is 3. The van der Waals surface area contributed by atoms with Crippen molar-refractivity contribution in [1.29, 1.82) is 0 Å². The lowest BCUT2D eigenvalue weighted by molar-refractivity contribution is 0.323. The summed E-state index contributed by atoms with van der Waals surface area (Å²) >= 11 is 0. The van der Waals surface area contributed by atoms with Crippen molar-refractivity contribution in [3.8, 4) is 0 Å².